The lowest BCUT2D eigenvalue weighted by molar-refractivity contribution is -0.138. The van der Waals surface area contributed by atoms with Gasteiger partial charge in [-0.1, -0.05) is 11.6 Å². The molecule has 1 aromatic rings. The van der Waals surface area contributed by atoms with E-state index in [4.69, 9.17) is 21.4 Å². The molecule has 0 amide bonds. The Labute approximate surface area is 102 Å². The fourth-order valence-corrected chi connectivity index (χ4v) is 1.81. The van der Waals surface area contributed by atoms with E-state index in [9.17, 15) is 9.59 Å². The Bertz CT molecular complexity index is 475. The van der Waals surface area contributed by atoms with Gasteiger partial charge in [0.15, 0.2) is 0 Å². The van der Waals surface area contributed by atoms with Crippen molar-refractivity contribution in [1.29, 1.82) is 0 Å². The first-order chi connectivity index (χ1) is 8.08. The minimum Gasteiger partial charge on any atom is -0.478 e. The number of anilines is 1. The molecule has 0 aliphatic carbocycles. The topological polar surface area (TPSA) is 75.6 Å². The second-order valence-electron chi connectivity index (χ2n) is 3.65. The van der Waals surface area contributed by atoms with Gasteiger partial charge >= 0.3 is 11.9 Å². The molecule has 1 aliphatic rings. The summed E-state index contributed by atoms with van der Waals surface area (Å²) in [6.07, 6.45) is 0.518. The minimum atomic E-state index is -1.07. The van der Waals surface area contributed by atoms with Crippen LogP contribution >= 0.6 is 11.6 Å². The minimum absolute atomic E-state index is 0.0779. The van der Waals surface area contributed by atoms with E-state index in [0.717, 1.165) is 0 Å². The quantitative estimate of drug-likeness (QED) is 0.805. The summed E-state index contributed by atoms with van der Waals surface area (Å²) in [6.45, 7) is 0.347. The van der Waals surface area contributed by atoms with Crippen molar-refractivity contribution in [2.45, 2.75) is 12.5 Å². The summed E-state index contributed by atoms with van der Waals surface area (Å²) >= 11 is 5.79. The Kier molecular flexibility index (Phi) is 3.19. The Balaban J connectivity index is 2.27. The van der Waals surface area contributed by atoms with Gasteiger partial charge in [-0.3, -0.25) is 0 Å². The molecule has 6 heteroatoms. The molecule has 1 fully saturated rings. The number of ether oxygens (including phenoxy) is 1. The van der Waals surface area contributed by atoms with Crippen LogP contribution in [0.4, 0.5) is 5.69 Å². The third-order valence-electron chi connectivity index (χ3n) is 2.48. The Morgan fingerprint density at radius 1 is 1.53 bits per heavy atom. The smallest absolute Gasteiger partial charge is 0.337 e. The monoisotopic (exact) mass is 255 g/mol. The van der Waals surface area contributed by atoms with Gasteiger partial charge in [0, 0.05) is 11.4 Å². The number of hydrogen-bond acceptors (Lipinski definition) is 4. The van der Waals surface area contributed by atoms with E-state index in [2.05, 4.69) is 5.32 Å². The molecule has 5 nitrogen and oxygen atoms in total. The summed E-state index contributed by atoms with van der Waals surface area (Å²) < 4.78 is 4.79. The molecule has 2 N–H and O–H groups in total. The van der Waals surface area contributed by atoms with Crippen molar-refractivity contribution in [2.75, 3.05) is 11.9 Å². The van der Waals surface area contributed by atoms with Crippen molar-refractivity contribution >= 4 is 29.2 Å². The van der Waals surface area contributed by atoms with Crippen LogP contribution in [0.3, 0.4) is 0 Å². The second kappa shape index (κ2) is 4.63. The number of rotatable bonds is 3. The largest absolute Gasteiger partial charge is 0.478 e. The van der Waals surface area contributed by atoms with Crippen LogP contribution in [0, 0.1) is 0 Å². The van der Waals surface area contributed by atoms with E-state index < -0.39 is 12.0 Å². The van der Waals surface area contributed by atoms with E-state index in [-0.39, 0.29) is 11.5 Å². The molecule has 1 unspecified atom stereocenters. The standard InChI is InChI=1S/C11H10ClNO4/c12-6-1-2-7(10(14)15)9(5-6)13-8-3-4-17-11(8)16/h1-2,5,8,13H,3-4H2,(H,14,15). The molecular formula is C11H10ClNO4. The first kappa shape index (κ1) is 11.7. The van der Waals surface area contributed by atoms with Crippen LogP contribution in [0.15, 0.2) is 18.2 Å². The van der Waals surface area contributed by atoms with Gasteiger partial charge in [0.2, 0.25) is 0 Å². The van der Waals surface area contributed by atoms with Crippen LogP contribution in [-0.4, -0.2) is 29.7 Å². The fraction of sp³-hybridized carbons (Fsp3) is 0.273. The molecule has 90 valence electrons. The lowest BCUT2D eigenvalue weighted by Gasteiger charge is -2.13. The van der Waals surface area contributed by atoms with E-state index in [1.54, 1.807) is 0 Å². The number of carboxylic acid groups (broad SMARTS) is 1. The molecular weight excluding hydrogens is 246 g/mol. The number of hydrogen-bond donors (Lipinski definition) is 2. The zero-order valence-corrected chi connectivity index (χ0v) is 9.53. The van der Waals surface area contributed by atoms with Crippen LogP contribution in [0.2, 0.25) is 5.02 Å². The third-order valence-corrected chi connectivity index (χ3v) is 2.71. The zero-order chi connectivity index (χ0) is 12.4. The SMILES string of the molecule is O=C(O)c1ccc(Cl)cc1NC1CCOC1=O. The number of halogens is 1. The van der Waals surface area contributed by atoms with Gasteiger partial charge in [0.25, 0.3) is 0 Å². The van der Waals surface area contributed by atoms with Crippen LogP contribution in [-0.2, 0) is 9.53 Å². The summed E-state index contributed by atoms with van der Waals surface area (Å²) in [4.78, 5) is 22.3. The molecule has 2 rings (SSSR count). The highest BCUT2D eigenvalue weighted by Crippen LogP contribution is 2.23. The highest BCUT2D eigenvalue weighted by molar-refractivity contribution is 6.31. The van der Waals surface area contributed by atoms with Crippen LogP contribution in [0.5, 0.6) is 0 Å². The number of carbonyl (C=O) groups excluding carboxylic acids is 1. The molecule has 1 heterocycles. The molecule has 0 spiro atoms. The molecule has 1 aliphatic heterocycles. The van der Waals surface area contributed by atoms with Crippen molar-refractivity contribution < 1.29 is 19.4 Å². The van der Waals surface area contributed by atoms with E-state index in [1.807, 2.05) is 0 Å². The van der Waals surface area contributed by atoms with Crippen molar-refractivity contribution in [3.63, 3.8) is 0 Å². The highest BCUT2D eigenvalue weighted by Gasteiger charge is 2.27. The average Bonchev–Trinajstić information content (AvgIpc) is 2.64. The Morgan fingerprint density at radius 3 is 2.88 bits per heavy atom. The lowest BCUT2D eigenvalue weighted by Crippen LogP contribution is -2.25. The van der Waals surface area contributed by atoms with Crippen LogP contribution < -0.4 is 5.32 Å². The molecule has 0 radical (unpaired) electrons. The molecule has 0 aromatic heterocycles. The summed E-state index contributed by atoms with van der Waals surface area (Å²) in [6, 6.07) is 3.86. The number of nitrogens with one attached hydrogen (secondary N) is 1. The average molecular weight is 256 g/mol. The van der Waals surface area contributed by atoms with Crippen molar-refractivity contribution in [3.05, 3.63) is 28.8 Å². The lowest BCUT2D eigenvalue weighted by atomic mass is 10.1. The van der Waals surface area contributed by atoms with Gasteiger partial charge in [0.1, 0.15) is 6.04 Å². The van der Waals surface area contributed by atoms with Gasteiger partial charge < -0.3 is 15.2 Å². The first-order valence-electron chi connectivity index (χ1n) is 5.04. The van der Waals surface area contributed by atoms with Gasteiger partial charge in [0.05, 0.1) is 17.9 Å². The van der Waals surface area contributed by atoms with Gasteiger partial charge in [-0.05, 0) is 18.2 Å². The van der Waals surface area contributed by atoms with E-state index >= 15 is 0 Å². The van der Waals surface area contributed by atoms with Crippen LogP contribution in [0.1, 0.15) is 16.8 Å². The molecule has 0 bridgehead atoms. The number of benzene rings is 1. The van der Waals surface area contributed by atoms with Gasteiger partial charge in [-0.25, -0.2) is 9.59 Å². The molecule has 17 heavy (non-hydrogen) atoms. The second-order valence-corrected chi connectivity index (χ2v) is 4.08. The molecule has 1 atom stereocenters. The molecule has 1 aromatic carbocycles. The summed E-state index contributed by atoms with van der Waals surface area (Å²) in [7, 11) is 0. The van der Waals surface area contributed by atoms with Crippen molar-refractivity contribution in [3.8, 4) is 0 Å². The Hall–Kier alpha value is -1.75. The summed E-state index contributed by atoms with van der Waals surface area (Å²) in [5, 5.41) is 12.2. The molecule has 1 saturated heterocycles. The maximum atomic E-state index is 11.3. The zero-order valence-electron chi connectivity index (χ0n) is 8.77. The number of aromatic carboxylic acids is 1. The first-order valence-corrected chi connectivity index (χ1v) is 5.42. The van der Waals surface area contributed by atoms with Crippen LogP contribution in [0.25, 0.3) is 0 Å². The third kappa shape index (κ3) is 2.50. The van der Waals surface area contributed by atoms with Crippen molar-refractivity contribution in [1.82, 2.24) is 0 Å². The van der Waals surface area contributed by atoms with Gasteiger partial charge in [-0.2, -0.15) is 0 Å². The van der Waals surface area contributed by atoms with Crippen molar-refractivity contribution in [2.24, 2.45) is 0 Å². The fourth-order valence-electron chi connectivity index (χ4n) is 1.64. The van der Waals surface area contributed by atoms with Gasteiger partial charge in [-0.15, -0.1) is 0 Å². The number of cyclic esters (lactones) is 1. The Morgan fingerprint density at radius 2 is 2.29 bits per heavy atom. The summed E-state index contributed by atoms with van der Waals surface area (Å²) in [5.74, 6) is -1.45. The highest BCUT2D eigenvalue weighted by atomic mass is 35.5. The normalized spacial score (nSPS) is 18.9. The predicted octanol–water partition coefficient (Wildman–Crippen LogP) is 1.77. The molecule has 0 saturated carbocycles. The number of carboxylic acids is 1. The maximum absolute atomic E-state index is 11.3. The van der Waals surface area contributed by atoms with E-state index in [1.165, 1.54) is 18.2 Å². The summed E-state index contributed by atoms with van der Waals surface area (Å²) in [5.41, 5.74) is 0.406. The number of carbonyl (C=O) groups is 2. The number of esters is 1. The van der Waals surface area contributed by atoms with E-state index in [0.29, 0.717) is 23.7 Å². The maximum Gasteiger partial charge on any atom is 0.337 e. The predicted molar refractivity (Wildman–Crippen MR) is 61.4 cm³/mol.